The molecule has 0 fully saturated rings. The lowest BCUT2D eigenvalue weighted by Crippen LogP contribution is -2.23. The van der Waals surface area contributed by atoms with Gasteiger partial charge in [0.15, 0.2) is 0 Å². The van der Waals surface area contributed by atoms with Crippen molar-refractivity contribution in [1.82, 2.24) is 0 Å². The average molecular weight is 299 g/mol. The van der Waals surface area contributed by atoms with E-state index < -0.39 is 0 Å². The average Bonchev–Trinajstić information content (AvgIpc) is 3.09. The van der Waals surface area contributed by atoms with Crippen molar-refractivity contribution >= 4 is 11.3 Å². The predicted octanol–water partition coefficient (Wildman–Crippen LogP) is 5.22. The van der Waals surface area contributed by atoms with Crippen LogP contribution in [0.25, 0.3) is 5.57 Å². The first kappa shape index (κ1) is 13.6. The summed E-state index contributed by atoms with van der Waals surface area (Å²) in [5.41, 5.74) is 4.60. The first-order valence-electron chi connectivity index (χ1n) is 7.75. The molecule has 1 unspecified atom stereocenters. The summed E-state index contributed by atoms with van der Waals surface area (Å²) in [6, 6.07) is 31.1. The number of benzene rings is 3. The second kappa shape index (κ2) is 6.01. The van der Waals surface area contributed by atoms with Crippen LogP contribution in [0.2, 0.25) is 0 Å². The van der Waals surface area contributed by atoms with Gasteiger partial charge in [0.25, 0.3) is 0 Å². The molecule has 0 aromatic heterocycles. The van der Waals surface area contributed by atoms with E-state index in [1.807, 2.05) is 41.7 Å². The van der Waals surface area contributed by atoms with E-state index in [1.54, 1.807) is 0 Å². The lowest BCUT2D eigenvalue weighted by Gasteiger charge is -2.27. The first-order valence-corrected chi connectivity index (χ1v) is 7.75. The molecule has 0 aliphatic carbocycles. The van der Waals surface area contributed by atoms with E-state index in [0.717, 1.165) is 5.69 Å². The quantitative estimate of drug-likeness (QED) is 0.657. The Bertz CT molecular complexity index is 797. The van der Waals surface area contributed by atoms with Crippen molar-refractivity contribution in [2.75, 3.05) is 5.06 Å². The standard InChI is InChI=1S/C21H17NO/c1-4-10-17(11-5-1)20-16-23-22(19-14-8-3-9-15-19)21(20)18-12-6-2-7-13-18/h1-16,21H. The van der Waals surface area contributed by atoms with E-state index in [2.05, 4.69) is 60.7 Å². The summed E-state index contributed by atoms with van der Waals surface area (Å²) < 4.78 is 0. The van der Waals surface area contributed by atoms with Crippen LogP contribution < -0.4 is 5.06 Å². The van der Waals surface area contributed by atoms with Crippen molar-refractivity contribution in [3.05, 3.63) is 108 Å². The molecule has 0 saturated heterocycles. The van der Waals surface area contributed by atoms with Gasteiger partial charge >= 0.3 is 0 Å². The second-order valence-electron chi connectivity index (χ2n) is 5.52. The van der Waals surface area contributed by atoms with Crippen LogP contribution >= 0.6 is 0 Å². The zero-order valence-corrected chi connectivity index (χ0v) is 12.7. The Hall–Kier alpha value is -3.00. The van der Waals surface area contributed by atoms with Crippen LogP contribution in [-0.4, -0.2) is 0 Å². The minimum Gasteiger partial charge on any atom is -0.386 e. The second-order valence-corrected chi connectivity index (χ2v) is 5.52. The number of nitrogens with zero attached hydrogens (tertiary/aromatic N) is 1. The van der Waals surface area contributed by atoms with Crippen molar-refractivity contribution in [1.29, 1.82) is 0 Å². The molecule has 1 atom stereocenters. The van der Waals surface area contributed by atoms with Crippen LogP contribution in [0.3, 0.4) is 0 Å². The number of hydroxylamine groups is 1. The van der Waals surface area contributed by atoms with Gasteiger partial charge < -0.3 is 4.84 Å². The molecule has 23 heavy (non-hydrogen) atoms. The van der Waals surface area contributed by atoms with Gasteiger partial charge in [-0.25, -0.2) is 0 Å². The summed E-state index contributed by atoms with van der Waals surface area (Å²) in [6.07, 6.45) is 1.86. The van der Waals surface area contributed by atoms with Crippen molar-refractivity contribution in [3.63, 3.8) is 0 Å². The van der Waals surface area contributed by atoms with Crippen LogP contribution in [0.5, 0.6) is 0 Å². The SMILES string of the molecule is C1=C(c2ccccc2)C(c2ccccc2)N(c2ccccc2)O1. The summed E-state index contributed by atoms with van der Waals surface area (Å²) in [5.74, 6) is 0. The van der Waals surface area contributed by atoms with Crippen molar-refractivity contribution in [3.8, 4) is 0 Å². The fourth-order valence-electron chi connectivity index (χ4n) is 2.96. The number of rotatable bonds is 3. The Morgan fingerprint density at radius 3 is 1.87 bits per heavy atom. The van der Waals surface area contributed by atoms with Gasteiger partial charge in [0.2, 0.25) is 0 Å². The highest BCUT2D eigenvalue weighted by molar-refractivity contribution is 5.76. The fraction of sp³-hybridized carbons (Fsp3) is 0.0476. The smallest absolute Gasteiger partial charge is 0.125 e. The van der Waals surface area contributed by atoms with Gasteiger partial charge in [0.1, 0.15) is 12.3 Å². The van der Waals surface area contributed by atoms with Crippen LogP contribution in [-0.2, 0) is 4.84 Å². The number of anilines is 1. The molecule has 0 spiro atoms. The van der Waals surface area contributed by atoms with Crippen LogP contribution in [0.1, 0.15) is 17.2 Å². The van der Waals surface area contributed by atoms with Gasteiger partial charge in [-0.3, -0.25) is 0 Å². The Morgan fingerprint density at radius 2 is 1.22 bits per heavy atom. The van der Waals surface area contributed by atoms with Gasteiger partial charge in [0.05, 0.1) is 5.69 Å². The van der Waals surface area contributed by atoms with Gasteiger partial charge in [-0.05, 0) is 23.3 Å². The molecule has 1 aliphatic heterocycles. The highest BCUT2D eigenvalue weighted by Crippen LogP contribution is 2.42. The molecule has 2 heteroatoms. The molecule has 0 bridgehead atoms. The third kappa shape index (κ3) is 2.59. The normalized spacial score (nSPS) is 16.8. The van der Waals surface area contributed by atoms with Crippen LogP contribution in [0, 0.1) is 0 Å². The molecule has 2 nitrogen and oxygen atoms in total. The summed E-state index contributed by atoms with van der Waals surface area (Å²) in [4.78, 5) is 5.94. The van der Waals surface area contributed by atoms with E-state index in [1.165, 1.54) is 16.7 Å². The number of hydrogen-bond acceptors (Lipinski definition) is 2. The van der Waals surface area contributed by atoms with Gasteiger partial charge in [0, 0.05) is 5.57 Å². The molecule has 3 aromatic carbocycles. The van der Waals surface area contributed by atoms with Gasteiger partial charge in [-0.15, -0.1) is 0 Å². The maximum atomic E-state index is 5.94. The Labute approximate surface area is 136 Å². The minimum absolute atomic E-state index is 0.0426. The maximum absolute atomic E-state index is 5.94. The highest BCUT2D eigenvalue weighted by Gasteiger charge is 2.32. The lowest BCUT2D eigenvalue weighted by molar-refractivity contribution is 0.225. The monoisotopic (exact) mass is 299 g/mol. The summed E-state index contributed by atoms with van der Waals surface area (Å²) in [7, 11) is 0. The van der Waals surface area contributed by atoms with E-state index in [4.69, 9.17) is 4.84 Å². The Balaban J connectivity index is 1.79. The third-order valence-corrected chi connectivity index (χ3v) is 4.06. The van der Waals surface area contributed by atoms with E-state index in [-0.39, 0.29) is 6.04 Å². The maximum Gasteiger partial charge on any atom is 0.125 e. The Morgan fingerprint density at radius 1 is 0.652 bits per heavy atom. The third-order valence-electron chi connectivity index (χ3n) is 4.06. The number of para-hydroxylation sites is 1. The molecule has 3 aromatic rings. The molecular weight excluding hydrogens is 282 g/mol. The minimum atomic E-state index is 0.0426. The molecule has 112 valence electrons. The molecule has 4 rings (SSSR count). The van der Waals surface area contributed by atoms with Crippen LogP contribution in [0.4, 0.5) is 5.69 Å². The van der Waals surface area contributed by atoms with Crippen LogP contribution in [0.15, 0.2) is 97.3 Å². The topological polar surface area (TPSA) is 12.5 Å². The fourth-order valence-corrected chi connectivity index (χ4v) is 2.96. The predicted molar refractivity (Wildman–Crippen MR) is 93.6 cm³/mol. The molecule has 0 N–H and O–H groups in total. The molecule has 0 saturated carbocycles. The highest BCUT2D eigenvalue weighted by atomic mass is 16.7. The van der Waals surface area contributed by atoms with E-state index in [0.29, 0.717) is 0 Å². The number of hydrogen-bond donors (Lipinski definition) is 0. The van der Waals surface area contributed by atoms with Crippen molar-refractivity contribution < 1.29 is 4.84 Å². The zero-order valence-electron chi connectivity index (χ0n) is 12.7. The molecule has 1 aliphatic rings. The van der Waals surface area contributed by atoms with Crippen molar-refractivity contribution in [2.24, 2.45) is 0 Å². The van der Waals surface area contributed by atoms with E-state index >= 15 is 0 Å². The molecule has 0 amide bonds. The summed E-state index contributed by atoms with van der Waals surface area (Å²) in [6.45, 7) is 0. The molecule has 1 heterocycles. The largest absolute Gasteiger partial charge is 0.386 e. The lowest BCUT2D eigenvalue weighted by atomic mass is 9.94. The first-order chi connectivity index (χ1) is 11.4. The summed E-state index contributed by atoms with van der Waals surface area (Å²) in [5, 5.41) is 1.97. The van der Waals surface area contributed by atoms with Gasteiger partial charge in [-0.1, -0.05) is 78.9 Å². The molecular formula is C21H17NO. The molecule has 0 radical (unpaired) electrons. The summed E-state index contributed by atoms with van der Waals surface area (Å²) >= 11 is 0. The van der Waals surface area contributed by atoms with Crippen molar-refractivity contribution in [2.45, 2.75) is 6.04 Å². The van der Waals surface area contributed by atoms with Gasteiger partial charge in [-0.2, -0.15) is 5.06 Å². The Kier molecular flexibility index (Phi) is 3.57. The van der Waals surface area contributed by atoms with E-state index in [9.17, 15) is 0 Å². The zero-order chi connectivity index (χ0) is 15.5.